The molecule has 1 aliphatic rings. The Hall–Kier alpha value is -4.21. The molecule has 0 unspecified atom stereocenters. The summed E-state index contributed by atoms with van der Waals surface area (Å²) in [6.45, 7) is 10.9. The van der Waals surface area contributed by atoms with Crippen molar-refractivity contribution in [1.29, 1.82) is 0 Å². The number of aromatic nitrogens is 1. The van der Waals surface area contributed by atoms with Gasteiger partial charge in [-0.05, 0) is 66.7 Å². The maximum absolute atomic E-state index is 14.2. The van der Waals surface area contributed by atoms with Crippen LogP contribution in [0.1, 0.15) is 82.1 Å². The molecule has 1 N–H and O–H groups in total. The van der Waals surface area contributed by atoms with Crippen molar-refractivity contribution < 1.29 is 28.7 Å². The lowest BCUT2D eigenvalue weighted by Crippen LogP contribution is -2.52. The van der Waals surface area contributed by atoms with Crippen LogP contribution in [0.15, 0.2) is 52.9 Å². The Kier molecular flexibility index (Phi) is 10.4. The maximum Gasteiger partial charge on any atom is 0.407 e. The molecule has 236 valence electrons. The van der Waals surface area contributed by atoms with Gasteiger partial charge in [-0.1, -0.05) is 71.0 Å². The number of carbonyl (C=O) groups is 4. The zero-order valence-electron chi connectivity index (χ0n) is 26.4. The van der Waals surface area contributed by atoms with Gasteiger partial charge in [-0.2, -0.15) is 0 Å². The molecule has 0 bridgehead atoms. The Morgan fingerprint density at radius 3 is 2.30 bits per heavy atom. The Labute approximate surface area is 259 Å². The Bertz CT molecular complexity index is 1470. The molecule has 0 atom stereocenters. The van der Waals surface area contributed by atoms with Crippen LogP contribution in [0, 0.1) is 11.8 Å². The van der Waals surface area contributed by atoms with Gasteiger partial charge in [0, 0.05) is 32.1 Å². The molecule has 0 spiro atoms. The summed E-state index contributed by atoms with van der Waals surface area (Å²) < 4.78 is 5.86. The lowest BCUT2D eigenvalue weighted by atomic mass is 9.87. The summed E-state index contributed by atoms with van der Waals surface area (Å²) in [7, 11) is 0. The van der Waals surface area contributed by atoms with Gasteiger partial charge in [0.1, 0.15) is 5.52 Å². The minimum absolute atomic E-state index is 0.0709. The number of nitrogens with zero attached hydrogens (tertiary/aromatic N) is 4. The summed E-state index contributed by atoms with van der Waals surface area (Å²) in [6, 6.07) is 14.7. The van der Waals surface area contributed by atoms with E-state index < -0.39 is 23.9 Å². The van der Waals surface area contributed by atoms with E-state index in [2.05, 4.69) is 25.8 Å². The summed E-state index contributed by atoms with van der Waals surface area (Å²) in [5, 5.41) is 9.34. The Morgan fingerprint density at radius 2 is 1.68 bits per heavy atom. The predicted octanol–water partition coefficient (Wildman–Crippen LogP) is 6.59. The van der Waals surface area contributed by atoms with Gasteiger partial charge >= 0.3 is 18.0 Å². The number of hydrogen-bond acceptors (Lipinski definition) is 6. The average Bonchev–Trinajstić information content (AvgIpc) is 3.43. The fraction of sp³-hybridized carbons (Fsp3) is 0.500. The second-order valence-corrected chi connectivity index (χ2v) is 13.0. The number of urea groups is 1. The van der Waals surface area contributed by atoms with E-state index in [0.29, 0.717) is 43.2 Å². The second-order valence-electron chi connectivity index (χ2n) is 13.0. The Morgan fingerprint density at radius 1 is 1.00 bits per heavy atom. The summed E-state index contributed by atoms with van der Waals surface area (Å²) in [5.41, 5.74) is 2.94. The van der Waals surface area contributed by atoms with Gasteiger partial charge in [0.2, 0.25) is 5.91 Å². The molecular formula is C34H44N4O6. The first-order valence-corrected chi connectivity index (χ1v) is 15.4. The van der Waals surface area contributed by atoms with E-state index in [9.17, 15) is 24.3 Å². The van der Waals surface area contributed by atoms with Crippen molar-refractivity contribution in [3.63, 3.8) is 0 Å². The van der Waals surface area contributed by atoms with Crippen LogP contribution in [-0.2, 0) is 16.6 Å². The van der Waals surface area contributed by atoms with Gasteiger partial charge in [0.05, 0.1) is 0 Å². The van der Waals surface area contributed by atoms with Gasteiger partial charge in [-0.15, -0.1) is 0 Å². The number of rotatable bonds is 9. The van der Waals surface area contributed by atoms with Crippen molar-refractivity contribution in [2.24, 2.45) is 11.8 Å². The third-order valence-electron chi connectivity index (χ3n) is 8.14. The summed E-state index contributed by atoms with van der Waals surface area (Å²) >= 11 is 0. The predicted molar refractivity (Wildman–Crippen MR) is 167 cm³/mol. The number of oxazole rings is 1. The normalized spacial score (nSPS) is 14.2. The zero-order chi connectivity index (χ0) is 32.0. The third-order valence-corrected chi connectivity index (χ3v) is 8.14. The number of imide groups is 2. The van der Waals surface area contributed by atoms with Gasteiger partial charge in [-0.3, -0.25) is 19.4 Å². The van der Waals surface area contributed by atoms with E-state index in [1.54, 1.807) is 6.07 Å². The highest BCUT2D eigenvalue weighted by Gasteiger charge is 2.37. The average molecular weight is 605 g/mol. The smallest absolute Gasteiger partial charge is 0.407 e. The first kappa shape index (κ1) is 32.7. The molecule has 0 radical (unpaired) electrons. The van der Waals surface area contributed by atoms with Crippen LogP contribution in [0.2, 0.25) is 0 Å². The molecule has 2 aromatic carbocycles. The van der Waals surface area contributed by atoms with Crippen LogP contribution in [0.4, 0.5) is 9.59 Å². The first-order valence-electron chi connectivity index (χ1n) is 15.4. The van der Waals surface area contributed by atoms with Crippen molar-refractivity contribution in [3.05, 3.63) is 65.5 Å². The molecule has 10 nitrogen and oxygen atoms in total. The molecule has 3 aromatic rings. The second kappa shape index (κ2) is 14.1. The minimum atomic E-state index is -1.02. The van der Waals surface area contributed by atoms with Crippen LogP contribution in [-0.4, -0.2) is 74.9 Å². The molecule has 4 rings (SSSR count). The van der Waals surface area contributed by atoms with Crippen molar-refractivity contribution in [1.82, 2.24) is 19.7 Å². The number of aryl methyl sites for hydroxylation is 1. The highest BCUT2D eigenvalue weighted by Crippen LogP contribution is 2.27. The van der Waals surface area contributed by atoms with Gasteiger partial charge < -0.3 is 14.4 Å². The van der Waals surface area contributed by atoms with Gasteiger partial charge in [0.15, 0.2) is 5.58 Å². The molecule has 1 aromatic heterocycles. The number of carbonyl (C=O) groups excluding carboxylic acids is 3. The number of amides is 5. The van der Waals surface area contributed by atoms with E-state index in [1.807, 2.05) is 56.3 Å². The number of benzene rings is 2. The van der Waals surface area contributed by atoms with E-state index >= 15 is 0 Å². The van der Waals surface area contributed by atoms with Crippen molar-refractivity contribution in [3.8, 4) is 0 Å². The number of piperidine rings is 1. The molecule has 2 heterocycles. The fourth-order valence-corrected chi connectivity index (χ4v) is 5.34. The number of hydrogen-bond donors (Lipinski definition) is 1. The molecule has 1 aliphatic heterocycles. The number of carboxylic acid groups (broad SMARTS) is 1. The maximum atomic E-state index is 14.2. The Balaban J connectivity index is 1.63. The highest BCUT2D eigenvalue weighted by molar-refractivity contribution is 6.07. The SMILES string of the molecule is CC(C)CCN(C(=O)C1CCN(C(=O)O)CC1)C(=O)N(CCCc1ccccc1)C(=O)c1nc2cc(C(C)(C)C)ccc2o1. The van der Waals surface area contributed by atoms with E-state index in [1.165, 1.54) is 9.80 Å². The quantitative estimate of drug-likeness (QED) is 0.292. The van der Waals surface area contributed by atoms with Crippen molar-refractivity contribution >= 4 is 35.0 Å². The van der Waals surface area contributed by atoms with Gasteiger partial charge in [-0.25, -0.2) is 14.6 Å². The number of fused-ring (bicyclic) bond motifs is 1. The largest absolute Gasteiger partial charge is 0.465 e. The van der Waals surface area contributed by atoms with Gasteiger partial charge in [0.25, 0.3) is 5.89 Å². The van der Waals surface area contributed by atoms with Crippen LogP contribution >= 0.6 is 0 Å². The summed E-state index contributed by atoms with van der Waals surface area (Å²) in [5.74, 6) is -1.58. The van der Waals surface area contributed by atoms with Crippen molar-refractivity contribution in [2.75, 3.05) is 26.2 Å². The van der Waals surface area contributed by atoms with Crippen molar-refractivity contribution in [2.45, 2.75) is 72.1 Å². The molecule has 1 fully saturated rings. The van der Waals surface area contributed by atoms with Crippen LogP contribution in [0.25, 0.3) is 11.1 Å². The third kappa shape index (κ3) is 8.03. The van der Waals surface area contributed by atoms with E-state index in [4.69, 9.17) is 4.42 Å². The van der Waals surface area contributed by atoms with E-state index in [-0.39, 0.29) is 49.3 Å². The molecule has 0 saturated carbocycles. The topological polar surface area (TPSA) is 124 Å². The summed E-state index contributed by atoms with van der Waals surface area (Å²) in [4.78, 5) is 61.4. The molecule has 10 heteroatoms. The molecule has 44 heavy (non-hydrogen) atoms. The number of likely N-dealkylation sites (tertiary alicyclic amines) is 1. The van der Waals surface area contributed by atoms with Crippen LogP contribution < -0.4 is 0 Å². The minimum Gasteiger partial charge on any atom is -0.465 e. The standard InChI is InChI=1S/C34H44N4O6/c1-23(2)15-21-38(30(39)25-16-19-36(20-17-25)33(42)43)32(41)37(18-9-12-24-10-7-6-8-11-24)31(40)29-35-27-22-26(34(3,4)5)13-14-28(27)44-29/h6-8,10-11,13-14,22-23,25H,9,12,15-21H2,1-5H3,(H,42,43). The zero-order valence-corrected chi connectivity index (χ0v) is 26.4. The molecule has 0 aliphatic carbocycles. The molecule has 1 saturated heterocycles. The monoisotopic (exact) mass is 604 g/mol. The highest BCUT2D eigenvalue weighted by atomic mass is 16.4. The molecular weight excluding hydrogens is 560 g/mol. The summed E-state index contributed by atoms with van der Waals surface area (Å²) in [6.07, 6.45) is 1.30. The van der Waals surface area contributed by atoms with E-state index in [0.717, 1.165) is 16.0 Å². The van der Waals surface area contributed by atoms with Crippen LogP contribution in [0.5, 0.6) is 0 Å². The first-order chi connectivity index (χ1) is 20.8. The lowest BCUT2D eigenvalue weighted by Gasteiger charge is -2.34. The fourth-order valence-electron chi connectivity index (χ4n) is 5.34. The lowest BCUT2D eigenvalue weighted by molar-refractivity contribution is -0.134. The van der Waals surface area contributed by atoms with Crippen LogP contribution in [0.3, 0.4) is 0 Å². The molecule has 5 amide bonds.